The van der Waals surface area contributed by atoms with Crippen molar-refractivity contribution in [2.75, 3.05) is 37.8 Å². The van der Waals surface area contributed by atoms with Gasteiger partial charge >= 0.3 is 0 Å². The molecule has 10 nitrogen and oxygen atoms in total. The molecule has 2 atom stereocenters. The van der Waals surface area contributed by atoms with Gasteiger partial charge in [-0.15, -0.1) is 0 Å². The molecule has 8 rings (SSSR count). The molecule has 4 aromatic heterocycles. The number of aromatic nitrogens is 6. The van der Waals surface area contributed by atoms with Gasteiger partial charge in [-0.05, 0) is 68.2 Å². The van der Waals surface area contributed by atoms with E-state index in [0.29, 0.717) is 70.3 Å². The number of nitrogens with zero attached hydrogens (tertiary/aromatic N) is 7. The Labute approximate surface area is 262 Å². The average molecular weight is 643 g/mol. The second-order valence-corrected chi connectivity index (χ2v) is 13.2. The van der Waals surface area contributed by atoms with E-state index < -0.39 is 5.60 Å². The summed E-state index contributed by atoms with van der Waals surface area (Å²) in [6.45, 7) is 3.95. The lowest BCUT2D eigenvalue weighted by Crippen LogP contribution is -2.42. The van der Waals surface area contributed by atoms with E-state index in [4.69, 9.17) is 54.4 Å². The Hall–Kier alpha value is -2.73. The molecule has 6 heterocycles. The normalized spacial score (nSPS) is 23.5. The van der Waals surface area contributed by atoms with E-state index in [2.05, 4.69) is 9.97 Å². The molecule has 3 aliphatic rings. The fourth-order valence-electron chi connectivity index (χ4n) is 6.65. The lowest BCUT2D eigenvalue weighted by molar-refractivity contribution is -0.0366. The van der Waals surface area contributed by atoms with Gasteiger partial charge in [0.05, 0.1) is 47.7 Å². The molecule has 3 fully saturated rings. The van der Waals surface area contributed by atoms with Crippen molar-refractivity contribution >= 4 is 68.1 Å². The first-order chi connectivity index (χ1) is 20.8. The molecule has 5 aromatic rings. The van der Waals surface area contributed by atoms with Gasteiger partial charge in [0, 0.05) is 41.5 Å². The van der Waals surface area contributed by atoms with Crippen LogP contribution in [0.15, 0.2) is 24.7 Å². The highest BCUT2D eigenvalue weighted by atomic mass is 35.5. The van der Waals surface area contributed by atoms with E-state index in [0.717, 1.165) is 54.1 Å². The highest BCUT2D eigenvalue weighted by Gasteiger charge is 2.35. The minimum absolute atomic E-state index is 0.0668. The summed E-state index contributed by atoms with van der Waals surface area (Å²) in [6, 6.07) is 2.02. The molecular formula is C30H30Cl3N7O3. The summed E-state index contributed by atoms with van der Waals surface area (Å²) >= 11 is 20.8. The fraction of sp³-hybridized carbons (Fsp3) is 0.467. The Balaban J connectivity index is 1.40. The quantitative estimate of drug-likeness (QED) is 0.224. The first kappa shape index (κ1) is 27.8. The molecule has 0 amide bonds. The standard InChI is InChI=1S/C30H30Cl3N7O3/c1-30(41)14-38(9-11-42-15-30)28-27-25(36-29(33)37-28)23(32)26-24(34-7-8-39(26)27)22-17-13-35-40(20-4-2-3-10-43-20)19(17)12-18(31)21(22)16-5-6-16/h7-8,12-13,16,20,41H,2-6,9-11,14-15H2,1H3/t20?,30-/m0/s1. The van der Waals surface area contributed by atoms with Crippen LogP contribution in [0.4, 0.5) is 5.82 Å². The lowest BCUT2D eigenvalue weighted by Gasteiger charge is -2.28. The Morgan fingerprint density at radius 2 is 1.93 bits per heavy atom. The van der Waals surface area contributed by atoms with E-state index in [-0.39, 0.29) is 18.1 Å². The summed E-state index contributed by atoms with van der Waals surface area (Å²) in [7, 11) is 0. The second kappa shape index (κ2) is 10.4. The largest absolute Gasteiger partial charge is 0.386 e. The summed E-state index contributed by atoms with van der Waals surface area (Å²) in [5, 5.41) is 17.9. The van der Waals surface area contributed by atoms with Crippen LogP contribution in [0.25, 0.3) is 38.7 Å². The van der Waals surface area contributed by atoms with Crippen molar-refractivity contribution in [1.82, 2.24) is 29.1 Å². The van der Waals surface area contributed by atoms with Gasteiger partial charge in [0.1, 0.15) is 16.6 Å². The number of hydrogen-bond donors (Lipinski definition) is 1. The third kappa shape index (κ3) is 4.65. The number of hydrogen-bond acceptors (Lipinski definition) is 8. The minimum atomic E-state index is -1.07. The predicted molar refractivity (Wildman–Crippen MR) is 167 cm³/mol. The van der Waals surface area contributed by atoms with Crippen LogP contribution in [-0.2, 0) is 9.47 Å². The zero-order valence-electron chi connectivity index (χ0n) is 23.6. The molecule has 1 aliphatic carbocycles. The van der Waals surface area contributed by atoms with Gasteiger partial charge in [0.2, 0.25) is 5.28 Å². The second-order valence-electron chi connectivity index (χ2n) is 12.1. The van der Waals surface area contributed by atoms with Gasteiger partial charge in [-0.25, -0.2) is 9.67 Å². The Bertz CT molecular complexity index is 1900. The number of ether oxygens (including phenoxy) is 2. The molecule has 43 heavy (non-hydrogen) atoms. The zero-order chi connectivity index (χ0) is 29.5. The third-order valence-electron chi connectivity index (χ3n) is 8.67. The van der Waals surface area contributed by atoms with Gasteiger partial charge in [0.25, 0.3) is 0 Å². The highest BCUT2D eigenvalue weighted by molar-refractivity contribution is 6.41. The van der Waals surface area contributed by atoms with E-state index in [1.165, 1.54) is 0 Å². The van der Waals surface area contributed by atoms with Crippen LogP contribution >= 0.6 is 34.8 Å². The molecule has 0 spiro atoms. The van der Waals surface area contributed by atoms with Crippen molar-refractivity contribution in [3.8, 4) is 11.3 Å². The molecule has 2 aliphatic heterocycles. The summed E-state index contributed by atoms with van der Waals surface area (Å²) in [6.07, 6.45) is 10.5. The number of rotatable bonds is 4. The molecule has 1 unspecified atom stereocenters. The topological polar surface area (TPSA) is 103 Å². The van der Waals surface area contributed by atoms with Crippen LogP contribution in [-0.4, -0.2) is 72.8 Å². The Morgan fingerprint density at radius 3 is 2.72 bits per heavy atom. The molecule has 0 radical (unpaired) electrons. The van der Waals surface area contributed by atoms with Crippen molar-refractivity contribution < 1.29 is 14.6 Å². The van der Waals surface area contributed by atoms with E-state index >= 15 is 0 Å². The first-order valence-electron chi connectivity index (χ1n) is 14.7. The van der Waals surface area contributed by atoms with Crippen molar-refractivity contribution in [1.29, 1.82) is 0 Å². The summed E-state index contributed by atoms with van der Waals surface area (Å²) in [4.78, 5) is 16.1. The SMILES string of the molecule is C[C@@]1(O)COCCN(c2nc(Cl)nc3c(Cl)c4c(-c5c(C6CC6)c(Cl)cc6c5cnn6C5CCCCO5)nccn4c23)C1. The van der Waals surface area contributed by atoms with Crippen molar-refractivity contribution in [3.63, 3.8) is 0 Å². The van der Waals surface area contributed by atoms with Crippen molar-refractivity contribution in [2.24, 2.45) is 0 Å². The average Bonchev–Trinajstić information content (AvgIpc) is 3.72. The van der Waals surface area contributed by atoms with E-state index in [1.54, 1.807) is 13.1 Å². The first-order valence-corrected chi connectivity index (χ1v) is 15.8. The maximum Gasteiger partial charge on any atom is 0.225 e. The summed E-state index contributed by atoms with van der Waals surface area (Å²) in [5.74, 6) is 0.899. The number of aliphatic hydroxyl groups is 1. The maximum absolute atomic E-state index is 10.9. The third-order valence-corrected chi connectivity index (χ3v) is 9.51. The fourth-order valence-corrected chi connectivity index (χ4v) is 7.48. The van der Waals surface area contributed by atoms with E-state index in [1.807, 2.05) is 32.4 Å². The van der Waals surface area contributed by atoms with Gasteiger partial charge in [-0.2, -0.15) is 10.1 Å². The van der Waals surface area contributed by atoms with Crippen LogP contribution in [0.2, 0.25) is 15.3 Å². The molecule has 2 saturated heterocycles. The maximum atomic E-state index is 10.9. The van der Waals surface area contributed by atoms with Gasteiger partial charge < -0.3 is 23.9 Å². The predicted octanol–water partition coefficient (Wildman–Crippen LogP) is 6.42. The Kier molecular flexibility index (Phi) is 6.74. The number of anilines is 1. The van der Waals surface area contributed by atoms with Gasteiger partial charge in [0.15, 0.2) is 12.0 Å². The Morgan fingerprint density at radius 1 is 1.07 bits per heavy atom. The number of β-amino-alcohol motifs (C(OH)–C–C–N with tert-alkyl or cyclic N) is 1. The smallest absolute Gasteiger partial charge is 0.225 e. The van der Waals surface area contributed by atoms with Gasteiger partial charge in [-0.1, -0.05) is 23.2 Å². The summed E-state index contributed by atoms with van der Waals surface area (Å²) < 4.78 is 15.7. The molecule has 13 heteroatoms. The zero-order valence-corrected chi connectivity index (χ0v) is 25.8. The van der Waals surface area contributed by atoms with Crippen LogP contribution in [0, 0.1) is 0 Å². The van der Waals surface area contributed by atoms with Crippen molar-refractivity contribution in [3.05, 3.63) is 45.5 Å². The van der Waals surface area contributed by atoms with Crippen molar-refractivity contribution in [2.45, 2.75) is 56.8 Å². The number of fused-ring (bicyclic) bond motifs is 4. The molecule has 0 bridgehead atoms. The monoisotopic (exact) mass is 641 g/mol. The van der Waals surface area contributed by atoms with Gasteiger partial charge in [-0.3, -0.25) is 4.98 Å². The number of benzene rings is 1. The van der Waals surface area contributed by atoms with Crippen LogP contribution in [0.5, 0.6) is 0 Å². The minimum Gasteiger partial charge on any atom is -0.386 e. The molecular weight excluding hydrogens is 613 g/mol. The van der Waals surface area contributed by atoms with Crippen LogP contribution in [0.1, 0.15) is 56.7 Å². The number of halogens is 3. The molecule has 1 N–H and O–H groups in total. The molecule has 1 aromatic carbocycles. The van der Waals surface area contributed by atoms with Crippen LogP contribution < -0.4 is 4.90 Å². The highest BCUT2D eigenvalue weighted by Crippen LogP contribution is 2.51. The van der Waals surface area contributed by atoms with Crippen LogP contribution in [0.3, 0.4) is 0 Å². The molecule has 1 saturated carbocycles. The lowest BCUT2D eigenvalue weighted by atomic mass is 9.96. The summed E-state index contributed by atoms with van der Waals surface area (Å²) in [5.41, 5.74) is 4.38. The molecule has 224 valence electrons. The van der Waals surface area contributed by atoms with E-state index in [9.17, 15) is 5.11 Å².